The van der Waals surface area contributed by atoms with Gasteiger partial charge in [0.2, 0.25) is 11.0 Å². The number of aryl methyl sites for hydroxylation is 2. The van der Waals surface area contributed by atoms with Crippen LogP contribution in [-0.4, -0.2) is 54.1 Å². The minimum Gasteiger partial charge on any atom is -0.479 e. The van der Waals surface area contributed by atoms with Crippen LogP contribution in [0, 0.1) is 25.5 Å². The molecule has 1 fully saturated rings. The van der Waals surface area contributed by atoms with Gasteiger partial charge in [0.05, 0.1) is 7.11 Å². The third-order valence-electron chi connectivity index (χ3n) is 4.95. The van der Waals surface area contributed by atoms with Crippen molar-refractivity contribution < 1.29 is 18.3 Å². The Kier molecular flexibility index (Phi) is 6.59. The van der Waals surface area contributed by atoms with Crippen molar-refractivity contribution in [2.75, 3.05) is 43.3 Å². The summed E-state index contributed by atoms with van der Waals surface area (Å²) >= 11 is 1.12. The van der Waals surface area contributed by atoms with Crippen LogP contribution in [0.25, 0.3) is 0 Å². The lowest BCUT2D eigenvalue weighted by atomic mass is 10.1. The average Bonchev–Trinajstić information content (AvgIpc) is 2.69. The maximum absolute atomic E-state index is 13.6. The summed E-state index contributed by atoms with van der Waals surface area (Å²) in [5.41, 5.74) is 6.21. The van der Waals surface area contributed by atoms with Gasteiger partial charge in [-0.1, -0.05) is 11.8 Å². The smallest absolute Gasteiger partial charge is 0.238 e. The Balaban J connectivity index is 1.85. The standard InChI is InChI=1S/C20H24F2N4O2S/c1-12-7-17(19(28-3)23-13(12)2)24-26-6-5-25(11-18(26)20(27)29-4)16-9-14(21)8-15(22)10-16/h7-10,18,24H,5-6,11H2,1-4H3. The number of benzene rings is 1. The predicted molar refractivity (Wildman–Crippen MR) is 111 cm³/mol. The molecule has 0 spiro atoms. The van der Waals surface area contributed by atoms with Gasteiger partial charge in [-0.3, -0.25) is 4.79 Å². The number of nitrogens with zero attached hydrogens (tertiary/aromatic N) is 3. The Hall–Kier alpha value is -2.39. The van der Waals surface area contributed by atoms with Gasteiger partial charge >= 0.3 is 0 Å². The molecule has 2 aromatic rings. The topological polar surface area (TPSA) is 57.7 Å². The SMILES string of the molecule is COc1nc(C)c(C)cc1NN1CCN(c2cc(F)cc(F)c2)CC1C(=O)SC. The molecular weight excluding hydrogens is 398 g/mol. The fourth-order valence-corrected chi connectivity index (χ4v) is 3.76. The first kappa shape index (κ1) is 21.3. The van der Waals surface area contributed by atoms with E-state index >= 15 is 0 Å². The number of nitrogens with one attached hydrogen (secondary N) is 1. The number of carbonyl (C=O) groups is 1. The van der Waals surface area contributed by atoms with Gasteiger partial charge in [0.1, 0.15) is 23.4 Å². The van der Waals surface area contributed by atoms with Crippen molar-refractivity contribution in [3.8, 4) is 5.88 Å². The number of thioether (sulfide) groups is 1. The van der Waals surface area contributed by atoms with Gasteiger partial charge in [-0.15, -0.1) is 0 Å². The van der Waals surface area contributed by atoms with E-state index in [2.05, 4.69) is 10.4 Å². The maximum Gasteiger partial charge on any atom is 0.238 e. The van der Waals surface area contributed by atoms with Crippen LogP contribution in [0.5, 0.6) is 5.88 Å². The maximum atomic E-state index is 13.6. The van der Waals surface area contributed by atoms with Crippen LogP contribution in [-0.2, 0) is 4.79 Å². The largest absolute Gasteiger partial charge is 0.479 e. The van der Waals surface area contributed by atoms with Crippen molar-refractivity contribution in [1.29, 1.82) is 0 Å². The molecule has 1 unspecified atom stereocenters. The number of piperazine rings is 1. The first-order valence-corrected chi connectivity index (χ1v) is 10.4. The highest BCUT2D eigenvalue weighted by Gasteiger charge is 2.33. The number of hydrazine groups is 1. The molecule has 6 nitrogen and oxygen atoms in total. The summed E-state index contributed by atoms with van der Waals surface area (Å²) in [7, 11) is 1.54. The van der Waals surface area contributed by atoms with Gasteiger partial charge < -0.3 is 15.1 Å². The van der Waals surface area contributed by atoms with Gasteiger partial charge in [-0.25, -0.2) is 18.8 Å². The van der Waals surface area contributed by atoms with E-state index in [0.717, 1.165) is 29.1 Å². The monoisotopic (exact) mass is 422 g/mol. The molecule has 1 aliphatic heterocycles. The first-order valence-electron chi connectivity index (χ1n) is 9.16. The molecule has 1 aromatic carbocycles. The number of halogens is 2. The zero-order valence-electron chi connectivity index (χ0n) is 16.8. The molecule has 1 aromatic heterocycles. The quantitative estimate of drug-likeness (QED) is 0.793. The minimum atomic E-state index is -0.640. The van der Waals surface area contributed by atoms with Crippen molar-refractivity contribution in [2.24, 2.45) is 0 Å². The molecule has 2 heterocycles. The second-order valence-electron chi connectivity index (χ2n) is 6.87. The molecule has 156 valence electrons. The molecule has 29 heavy (non-hydrogen) atoms. The Bertz CT molecular complexity index is 892. The van der Waals surface area contributed by atoms with E-state index in [1.165, 1.54) is 12.1 Å². The molecule has 3 rings (SSSR count). The first-order chi connectivity index (χ1) is 13.8. The lowest BCUT2D eigenvalue weighted by molar-refractivity contribution is -0.115. The normalized spacial score (nSPS) is 17.3. The highest BCUT2D eigenvalue weighted by Crippen LogP contribution is 2.28. The summed E-state index contributed by atoms with van der Waals surface area (Å²) in [4.78, 5) is 18.9. The lowest BCUT2D eigenvalue weighted by Gasteiger charge is -2.41. The molecule has 0 aliphatic carbocycles. The number of methoxy groups -OCH3 is 1. The van der Waals surface area contributed by atoms with Crippen LogP contribution >= 0.6 is 11.8 Å². The summed E-state index contributed by atoms with van der Waals surface area (Å²) in [6.07, 6.45) is 1.72. The summed E-state index contributed by atoms with van der Waals surface area (Å²) in [6, 6.07) is 4.81. The summed E-state index contributed by atoms with van der Waals surface area (Å²) < 4.78 is 32.7. The lowest BCUT2D eigenvalue weighted by Crippen LogP contribution is -2.58. The molecule has 1 atom stereocenters. The van der Waals surface area contributed by atoms with Crippen LogP contribution in [0.2, 0.25) is 0 Å². The van der Waals surface area contributed by atoms with E-state index < -0.39 is 17.7 Å². The second-order valence-corrected chi connectivity index (χ2v) is 7.68. The Morgan fingerprint density at radius 3 is 2.52 bits per heavy atom. The number of pyridine rings is 1. The number of hydrogen-bond acceptors (Lipinski definition) is 7. The Morgan fingerprint density at radius 2 is 1.90 bits per heavy atom. The van der Waals surface area contributed by atoms with E-state index in [-0.39, 0.29) is 5.12 Å². The second kappa shape index (κ2) is 8.96. The van der Waals surface area contributed by atoms with E-state index in [1.807, 2.05) is 29.8 Å². The molecule has 1 aliphatic rings. The van der Waals surface area contributed by atoms with Crippen molar-refractivity contribution in [1.82, 2.24) is 9.99 Å². The molecular formula is C20H24F2N4O2S. The third-order valence-corrected chi connectivity index (χ3v) is 5.63. The number of aromatic nitrogens is 1. The van der Waals surface area contributed by atoms with Crippen LogP contribution in [0.4, 0.5) is 20.2 Å². The molecule has 0 amide bonds. The van der Waals surface area contributed by atoms with Gasteiger partial charge in [-0.05, 0) is 43.9 Å². The minimum absolute atomic E-state index is 0.0464. The Morgan fingerprint density at radius 1 is 1.21 bits per heavy atom. The van der Waals surface area contributed by atoms with Crippen LogP contribution in [0.3, 0.4) is 0 Å². The molecule has 0 saturated carbocycles. The zero-order valence-corrected chi connectivity index (χ0v) is 17.6. The van der Waals surface area contributed by atoms with Crippen molar-refractivity contribution in [3.63, 3.8) is 0 Å². The van der Waals surface area contributed by atoms with Crippen LogP contribution in [0.1, 0.15) is 11.3 Å². The average molecular weight is 423 g/mol. The number of anilines is 2. The van der Waals surface area contributed by atoms with Crippen molar-refractivity contribution in [3.05, 3.63) is 47.2 Å². The van der Waals surface area contributed by atoms with Gasteiger partial charge in [0.25, 0.3) is 0 Å². The summed E-state index contributed by atoms with van der Waals surface area (Å²) in [6.45, 7) is 5.11. The number of hydrogen-bond donors (Lipinski definition) is 1. The van der Waals surface area contributed by atoms with Crippen LogP contribution < -0.4 is 15.1 Å². The van der Waals surface area contributed by atoms with Crippen LogP contribution in [0.15, 0.2) is 24.3 Å². The summed E-state index contributed by atoms with van der Waals surface area (Å²) in [5, 5.41) is 1.79. The van der Waals surface area contributed by atoms with Crippen molar-refractivity contribution >= 4 is 28.3 Å². The van der Waals surface area contributed by atoms with Crippen molar-refractivity contribution in [2.45, 2.75) is 19.9 Å². The molecule has 1 N–H and O–H groups in total. The molecule has 9 heteroatoms. The van der Waals surface area contributed by atoms with E-state index in [4.69, 9.17) is 4.74 Å². The third kappa shape index (κ3) is 4.79. The predicted octanol–water partition coefficient (Wildman–Crippen LogP) is 3.39. The van der Waals surface area contributed by atoms with Gasteiger partial charge in [-0.2, -0.15) is 0 Å². The number of carbonyl (C=O) groups excluding carboxylic acids is 1. The molecule has 0 radical (unpaired) electrons. The van der Waals surface area contributed by atoms with E-state index in [9.17, 15) is 13.6 Å². The van der Waals surface area contributed by atoms with Gasteiger partial charge in [0, 0.05) is 37.1 Å². The number of ether oxygens (including phenoxy) is 1. The molecule has 0 bridgehead atoms. The summed E-state index contributed by atoms with van der Waals surface area (Å²) in [5.74, 6) is -0.837. The van der Waals surface area contributed by atoms with E-state index in [0.29, 0.717) is 36.9 Å². The fourth-order valence-electron chi connectivity index (χ4n) is 3.28. The van der Waals surface area contributed by atoms with Gasteiger partial charge in [0.15, 0.2) is 0 Å². The fraction of sp³-hybridized carbons (Fsp3) is 0.400. The number of rotatable bonds is 5. The highest BCUT2D eigenvalue weighted by molar-refractivity contribution is 8.13. The molecule has 1 saturated heterocycles. The Labute approximate surface area is 173 Å². The zero-order chi connectivity index (χ0) is 21.1. The highest BCUT2D eigenvalue weighted by atomic mass is 32.2. The van der Waals surface area contributed by atoms with E-state index in [1.54, 1.807) is 13.4 Å².